The molecular formula is C22H26FN5O2. The van der Waals surface area contributed by atoms with Crippen molar-refractivity contribution in [3.8, 4) is 0 Å². The lowest BCUT2D eigenvalue weighted by Gasteiger charge is -2.31. The molecule has 8 heteroatoms. The quantitative estimate of drug-likeness (QED) is 0.658. The summed E-state index contributed by atoms with van der Waals surface area (Å²) in [5, 5.41) is 5.13. The average Bonchev–Trinajstić information content (AvgIpc) is 3.32. The number of aryl methyl sites for hydroxylation is 1. The molecule has 0 amide bonds. The van der Waals surface area contributed by atoms with Gasteiger partial charge in [-0.05, 0) is 51.4 Å². The van der Waals surface area contributed by atoms with Crippen molar-refractivity contribution < 1.29 is 8.91 Å². The average molecular weight is 411 g/mol. The van der Waals surface area contributed by atoms with Gasteiger partial charge in [-0.1, -0.05) is 5.16 Å². The molecule has 0 saturated carbocycles. The number of benzene rings is 1. The highest BCUT2D eigenvalue weighted by Crippen LogP contribution is 2.32. The van der Waals surface area contributed by atoms with Gasteiger partial charge in [0.1, 0.15) is 5.82 Å². The number of rotatable bonds is 4. The number of halogens is 1. The Hall–Kier alpha value is -2.74. The van der Waals surface area contributed by atoms with E-state index >= 15 is 0 Å². The van der Waals surface area contributed by atoms with Crippen LogP contribution in [-0.2, 0) is 13.0 Å². The molecule has 0 radical (unpaired) electrons. The summed E-state index contributed by atoms with van der Waals surface area (Å²) in [6, 6.07) is 4.61. The van der Waals surface area contributed by atoms with Gasteiger partial charge >= 0.3 is 0 Å². The van der Waals surface area contributed by atoms with Crippen molar-refractivity contribution in [2.75, 3.05) is 38.1 Å². The van der Waals surface area contributed by atoms with Crippen molar-refractivity contribution in [2.24, 2.45) is 0 Å². The zero-order valence-corrected chi connectivity index (χ0v) is 17.4. The number of aromatic nitrogens is 3. The van der Waals surface area contributed by atoms with E-state index in [-0.39, 0.29) is 11.4 Å². The zero-order valence-electron chi connectivity index (χ0n) is 17.4. The molecule has 0 bridgehead atoms. The van der Waals surface area contributed by atoms with Crippen LogP contribution in [0.3, 0.4) is 0 Å². The maximum Gasteiger partial charge on any atom is 0.258 e. The molecular weight excluding hydrogens is 385 g/mol. The van der Waals surface area contributed by atoms with Crippen LogP contribution in [0.25, 0.3) is 11.0 Å². The Labute approximate surface area is 174 Å². The predicted octanol–water partition coefficient (Wildman–Crippen LogP) is 2.70. The monoisotopic (exact) mass is 411 g/mol. The number of piperidine rings is 1. The van der Waals surface area contributed by atoms with Gasteiger partial charge < -0.3 is 14.3 Å². The Balaban J connectivity index is 1.24. The van der Waals surface area contributed by atoms with Crippen LogP contribution >= 0.6 is 0 Å². The molecule has 1 fully saturated rings. The molecule has 0 spiro atoms. The Morgan fingerprint density at radius 2 is 2.00 bits per heavy atom. The van der Waals surface area contributed by atoms with Crippen LogP contribution < -0.4 is 10.5 Å². The van der Waals surface area contributed by atoms with E-state index in [1.165, 1.54) is 12.1 Å². The molecule has 2 aliphatic rings. The SMILES string of the molecule is Cc1nc2n(c(=O)c1CCN1CCC(c3noc4cc(F)ccc34)CC1)CCN2C. The normalized spacial score (nSPS) is 17.8. The number of hydrogen-bond donors (Lipinski definition) is 0. The fourth-order valence-electron chi connectivity index (χ4n) is 4.74. The van der Waals surface area contributed by atoms with Crippen molar-refractivity contribution in [3.05, 3.63) is 51.3 Å². The van der Waals surface area contributed by atoms with E-state index in [2.05, 4.69) is 15.0 Å². The summed E-state index contributed by atoms with van der Waals surface area (Å²) in [5.41, 5.74) is 3.23. The van der Waals surface area contributed by atoms with Crippen LogP contribution in [0.4, 0.5) is 10.3 Å². The summed E-state index contributed by atoms with van der Waals surface area (Å²) in [6.45, 7) is 6.23. The number of likely N-dealkylation sites (tertiary alicyclic amines) is 1. The first-order valence-electron chi connectivity index (χ1n) is 10.6. The van der Waals surface area contributed by atoms with Crippen molar-refractivity contribution in [2.45, 2.75) is 38.6 Å². The summed E-state index contributed by atoms with van der Waals surface area (Å²) >= 11 is 0. The molecule has 0 aliphatic carbocycles. The van der Waals surface area contributed by atoms with Crippen molar-refractivity contribution in [1.82, 2.24) is 19.6 Å². The van der Waals surface area contributed by atoms with Crippen LogP contribution in [0.5, 0.6) is 0 Å². The first-order chi connectivity index (χ1) is 14.5. The summed E-state index contributed by atoms with van der Waals surface area (Å²) < 4.78 is 20.5. The number of nitrogens with zero attached hydrogens (tertiary/aromatic N) is 5. The number of fused-ring (bicyclic) bond motifs is 2. The van der Waals surface area contributed by atoms with Gasteiger partial charge in [0.2, 0.25) is 5.95 Å². The van der Waals surface area contributed by atoms with E-state index in [0.29, 0.717) is 18.0 Å². The molecule has 2 aliphatic heterocycles. The second-order valence-corrected chi connectivity index (χ2v) is 8.43. The van der Waals surface area contributed by atoms with Crippen LogP contribution in [0.2, 0.25) is 0 Å². The number of likely N-dealkylation sites (N-methyl/N-ethyl adjacent to an activating group) is 1. The Bertz CT molecular complexity index is 1150. The van der Waals surface area contributed by atoms with E-state index in [1.54, 1.807) is 10.6 Å². The molecule has 7 nitrogen and oxygen atoms in total. The fourth-order valence-corrected chi connectivity index (χ4v) is 4.74. The second kappa shape index (κ2) is 7.50. The molecule has 1 aromatic carbocycles. The molecule has 0 unspecified atom stereocenters. The van der Waals surface area contributed by atoms with E-state index in [4.69, 9.17) is 4.52 Å². The van der Waals surface area contributed by atoms with E-state index < -0.39 is 0 Å². The van der Waals surface area contributed by atoms with Gasteiger partial charge in [0.05, 0.1) is 5.69 Å². The van der Waals surface area contributed by atoms with Gasteiger partial charge in [0.15, 0.2) is 5.58 Å². The first-order valence-corrected chi connectivity index (χ1v) is 10.6. The smallest absolute Gasteiger partial charge is 0.258 e. The minimum Gasteiger partial charge on any atom is -0.356 e. The van der Waals surface area contributed by atoms with E-state index in [1.807, 2.05) is 18.9 Å². The van der Waals surface area contributed by atoms with Crippen molar-refractivity contribution in [1.29, 1.82) is 0 Å². The van der Waals surface area contributed by atoms with Gasteiger partial charge in [-0.3, -0.25) is 9.36 Å². The lowest BCUT2D eigenvalue weighted by Crippen LogP contribution is -2.36. The number of hydrogen-bond acceptors (Lipinski definition) is 6. The van der Waals surface area contributed by atoms with Gasteiger partial charge in [-0.15, -0.1) is 0 Å². The Kier molecular flexibility index (Phi) is 4.81. The highest BCUT2D eigenvalue weighted by molar-refractivity contribution is 5.79. The highest BCUT2D eigenvalue weighted by atomic mass is 19.1. The van der Waals surface area contributed by atoms with Crippen LogP contribution in [-0.4, -0.2) is 52.8 Å². The molecule has 2 aromatic heterocycles. The third kappa shape index (κ3) is 3.29. The Morgan fingerprint density at radius 3 is 2.80 bits per heavy atom. The molecule has 30 heavy (non-hydrogen) atoms. The number of anilines is 1. The lowest BCUT2D eigenvalue weighted by molar-refractivity contribution is 0.211. The maximum absolute atomic E-state index is 13.4. The van der Waals surface area contributed by atoms with E-state index in [0.717, 1.165) is 73.7 Å². The second-order valence-electron chi connectivity index (χ2n) is 8.43. The summed E-state index contributed by atoms with van der Waals surface area (Å²) in [6.07, 6.45) is 2.67. The van der Waals surface area contributed by atoms with Gasteiger partial charge in [-0.2, -0.15) is 0 Å². The minimum atomic E-state index is -0.307. The van der Waals surface area contributed by atoms with Crippen molar-refractivity contribution >= 4 is 16.9 Å². The summed E-state index contributed by atoms with van der Waals surface area (Å²) in [4.78, 5) is 22.0. The summed E-state index contributed by atoms with van der Waals surface area (Å²) in [5.74, 6) is 0.790. The molecule has 3 aromatic rings. The minimum absolute atomic E-state index is 0.109. The molecule has 158 valence electrons. The molecule has 0 atom stereocenters. The van der Waals surface area contributed by atoms with E-state index in [9.17, 15) is 9.18 Å². The lowest BCUT2D eigenvalue weighted by atomic mass is 9.91. The Morgan fingerprint density at radius 1 is 1.20 bits per heavy atom. The third-order valence-corrected chi connectivity index (χ3v) is 6.56. The zero-order chi connectivity index (χ0) is 20.8. The molecule has 4 heterocycles. The molecule has 5 rings (SSSR count). The highest BCUT2D eigenvalue weighted by Gasteiger charge is 2.26. The summed E-state index contributed by atoms with van der Waals surface area (Å²) in [7, 11) is 1.98. The third-order valence-electron chi connectivity index (χ3n) is 6.56. The fraction of sp³-hybridized carbons (Fsp3) is 0.500. The maximum atomic E-state index is 13.4. The van der Waals surface area contributed by atoms with Gasteiger partial charge in [-0.25, -0.2) is 9.37 Å². The molecule has 1 saturated heterocycles. The van der Waals surface area contributed by atoms with Crippen molar-refractivity contribution in [3.63, 3.8) is 0 Å². The van der Waals surface area contributed by atoms with Gasteiger partial charge in [0, 0.05) is 55.3 Å². The molecule has 0 N–H and O–H groups in total. The topological polar surface area (TPSA) is 67.4 Å². The van der Waals surface area contributed by atoms with Crippen LogP contribution in [0.15, 0.2) is 27.5 Å². The largest absolute Gasteiger partial charge is 0.356 e. The predicted molar refractivity (Wildman–Crippen MR) is 113 cm³/mol. The standard InChI is InChI=1S/C22H26FN5O2/c1-14-17(21(29)28-12-11-26(2)22(28)24-14)7-10-27-8-5-15(6-9-27)20-18-4-3-16(23)13-19(18)30-25-20/h3-4,13,15H,5-12H2,1-2H3. The first kappa shape index (κ1) is 19.2. The van der Waals surface area contributed by atoms with Crippen LogP contribution in [0, 0.1) is 12.7 Å². The van der Waals surface area contributed by atoms with Crippen LogP contribution in [0.1, 0.15) is 35.7 Å². The van der Waals surface area contributed by atoms with Gasteiger partial charge in [0.25, 0.3) is 5.56 Å².